The first-order valence-corrected chi connectivity index (χ1v) is 7.94. The van der Waals surface area contributed by atoms with Gasteiger partial charge in [0.2, 0.25) is 5.95 Å². The van der Waals surface area contributed by atoms with Crippen molar-refractivity contribution in [1.29, 1.82) is 0 Å². The van der Waals surface area contributed by atoms with Crippen molar-refractivity contribution in [1.82, 2.24) is 9.97 Å². The molecule has 1 aromatic heterocycles. The van der Waals surface area contributed by atoms with E-state index in [2.05, 4.69) is 37.6 Å². The lowest BCUT2D eigenvalue weighted by Crippen LogP contribution is -2.36. The number of nitrogens with two attached hydrogens (primary N) is 1. The fourth-order valence-corrected chi connectivity index (χ4v) is 2.53. The fourth-order valence-electron chi connectivity index (χ4n) is 2.53. The maximum Gasteiger partial charge on any atom is 0.223 e. The molecule has 0 saturated carbocycles. The monoisotopic (exact) mass is 330 g/mol. The van der Waals surface area contributed by atoms with E-state index in [1.54, 1.807) is 6.07 Å². The number of rotatable bonds is 6. The van der Waals surface area contributed by atoms with Crippen LogP contribution in [-0.4, -0.2) is 54.5 Å². The molecule has 0 amide bonds. The van der Waals surface area contributed by atoms with Gasteiger partial charge in [0, 0.05) is 37.1 Å². The van der Waals surface area contributed by atoms with Crippen LogP contribution in [0.15, 0.2) is 30.3 Å². The molecule has 1 aromatic carbocycles. The van der Waals surface area contributed by atoms with Crippen molar-refractivity contribution in [2.75, 3.05) is 60.7 Å². The number of nitrogen functional groups attached to an aromatic ring is 1. The molecule has 0 atom stereocenters. The van der Waals surface area contributed by atoms with Crippen LogP contribution >= 0.6 is 0 Å². The van der Waals surface area contributed by atoms with E-state index in [-0.39, 0.29) is 12.6 Å². The summed E-state index contributed by atoms with van der Waals surface area (Å²) >= 11 is 0. The Balaban J connectivity index is 1.68. The van der Waals surface area contributed by atoms with Gasteiger partial charge in [-0.15, -0.1) is 0 Å². The van der Waals surface area contributed by atoms with Gasteiger partial charge in [-0.05, 0) is 24.3 Å². The van der Waals surface area contributed by atoms with Crippen LogP contribution < -0.4 is 21.3 Å². The molecule has 8 heteroatoms. The van der Waals surface area contributed by atoms with Crippen LogP contribution in [0.1, 0.15) is 0 Å². The van der Waals surface area contributed by atoms with Crippen molar-refractivity contribution in [3.63, 3.8) is 0 Å². The molecule has 2 heterocycles. The first-order chi connectivity index (χ1) is 11.7. The number of nitrogens with one attached hydrogen (secondary N) is 2. The summed E-state index contributed by atoms with van der Waals surface area (Å²) in [5.74, 6) is 1.34. The van der Waals surface area contributed by atoms with Gasteiger partial charge < -0.3 is 31.1 Å². The maximum absolute atomic E-state index is 8.87. The number of hydrogen-bond donors (Lipinski definition) is 4. The Morgan fingerprint density at radius 2 is 1.83 bits per heavy atom. The van der Waals surface area contributed by atoms with Gasteiger partial charge in [0.25, 0.3) is 0 Å². The zero-order chi connectivity index (χ0) is 16.8. The van der Waals surface area contributed by atoms with Gasteiger partial charge in [0.1, 0.15) is 11.6 Å². The molecule has 1 fully saturated rings. The van der Waals surface area contributed by atoms with E-state index < -0.39 is 0 Å². The van der Waals surface area contributed by atoms with E-state index >= 15 is 0 Å². The molecule has 0 spiro atoms. The van der Waals surface area contributed by atoms with Crippen LogP contribution in [0.3, 0.4) is 0 Å². The van der Waals surface area contributed by atoms with Crippen molar-refractivity contribution in [3.8, 4) is 0 Å². The highest BCUT2D eigenvalue weighted by atomic mass is 16.5. The highest BCUT2D eigenvalue weighted by Gasteiger charge is 2.11. The quantitative estimate of drug-likeness (QED) is 0.622. The molecule has 0 radical (unpaired) electrons. The molecular formula is C16H22N6O2. The van der Waals surface area contributed by atoms with Crippen LogP contribution in [0.2, 0.25) is 0 Å². The molecule has 128 valence electrons. The normalized spacial score (nSPS) is 14.5. The number of morpholine rings is 1. The van der Waals surface area contributed by atoms with Gasteiger partial charge in [-0.3, -0.25) is 0 Å². The molecule has 1 aliphatic rings. The number of anilines is 5. The van der Waals surface area contributed by atoms with Crippen LogP contribution in [0.4, 0.5) is 29.0 Å². The molecule has 0 bridgehead atoms. The topological polar surface area (TPSA) is 109 Å². The van der Waals surface area contributed by atoms with Crippen molar-refractivity contribution >= 4 is 29.0 Å². The lowest BCUT2D eigenvalue weighted by molar-refractivity contribution is 0.122. The number of aliphatic hydroxyl groups is 1. The van der Waals surface area contributed by atoms with Gasteiger partial charge in [-0.25, -0.2) is 0 Å². The molecule has 8 nitrogen and oxygen atoms in total. The van der Waals surface area contributed by atoms with E-state index in [1.165, 1.54) is 5.69 Å². The summed E-state index contributed by atoms with van der Waals surface area (Å²) in [4.78, 5) is 10.5. The second-order valence-corrected chi connectivity index (χ2v) is 5.42. The molecule has 1 aliphatic heterocycles. The summed E-state index contributed by atoms with van der Waals surface area (Å²) < 4.78 is 5.37. The Morgan fingerprint density at radius 1 is 1.12 bits per heavy atom. The van der Waals surface area contributed by atoms with Gasteiger partial charge >= 0.3 is 0 Å². The van der Waals surface area contributed by atoms with Crippen LogP contribution in [0.25, 0.3) is 0 Å². The highest BCUT2D eigenvalue weighted by Crippen LogP contribution is 2.22. The van der Waals surface area contributed by atoms with Crippen LogP contribution in [0.5, 0.6) is 0 Å². The van der Waals surface area contributed by atoms with Gasteiger partial charge in [-0.2, -0.15) is 9.97 Å². The fraction of sp³-hybridized carbons (Fsp3) is 0.375. The summed E-state index contributed by atoms with van der Waals surface area (Å²) in [6, 6.07) is 9.90. The third kappa shape index (κ3) is 4.24. The molecular weight excluding hydrogens is 308 g/mol. The largest absolute Gasteiger partial charge is 0.395 e. The van der Waals surface area contributed by atoms with Crippen LogP contribution in [-0.2, 0) is 4.74 Å². The minimum atomic E-state index is 0.0235. The Hall–Kier alpha value is -2.58. The van der Waals surface area contributed by atoms with Crippen LogP contribution in [0, 0.1) is 0 Å². The number of hydrogen-bond acceptors (Lipinski definition) is 8. The molecule has 3 rings (SSSR count). The minimum absolute atomic E-state index is 0.0235. The van der Waals surface area contributed by atoms with E-state index in [1.807, 2.05) is 12.1 Å². The summed E-state index contributed by atoms with van der Waals surface area (Å²) in [5, 5.41) is 15.1. The third-order valence-corrected chi connectivity index (χ3v) is 3.68. The molecule has 5 N–H and O–H groups in total. The minimum Gasteiger partial charge on any atom is -0.395 e. The van der Waals surface area contributed by atoms with E-state index in [9.17, 15) is 0 Å². The lowest BCUT2D eigenvalue weighted by atomic mass is 10.2. The predicted molar refractivity (Wildman–Crippen MR) is 94.8 cm³/mol. The van der Waals surface area contributed by atoms with Crippen molar-refractivity contribution < 1.29 is 9.84 Å². The predicted octanol–water partition coefficient (Wildman–Crippen LogP) is 1.04. The van der Waals surface area contributed by atoms with Gasteiger partial charge in [0.05, 0.1) is 19.8 Å². The molecule has 24 heavy (non-hydrogen) atoms. The van der Waals surface area contributed by atoms with Crippen molar-refractivity contribution in [3.05, 3.63) is 30.3 Å². The average Bonchev–Trinajstić information content (AvgIpc) is 2.61. The first-order valence-electron chi connectivity index (χ1n) is 7.94. The van der Waals surface area contributed by atoms with Crippen molar-refractivity contribution in [2.24, 2.45) is 0 Å². The van der Waals surface area contributed by atoms with E-state index in [4.69, 9.17) is 15.6 Å². The number of aliphatic hydroxyl groups excluding tert-OH is 1. The second kappa shape index (κ2) is 7.80. The molecule has 1 saturated heterocycles. The number of benzene rings is 1. The standard InChI is InChI=1S/C16H22N6O2/c17-16-20-14(18-5-8-23)11-15(21-16)19-12-1-3-13(4-2-12)22-6-9-24-10-7-22/h1-4,11,23H,5-10H2,(H4,17,18,19,20,21). The number of ether oxygens (including phenoxy) is 1. The van der Waals surface area contributed by atoms with Crippen molar-refractivity contribution in [2.45, 2.75) is 0 Å². The summed E-state index contributed by atoms with van der Waals surface area (Å²) in [7, 11) is 0. The third-order valence-electron chi connectivity index (χ3n) is 3.68. The highest BCUT2D eigenvalue weighted by molar-refractivity contribution is 5.63. The molecule has 0 unspecified atom stereocenters. The second-order valence-electron chi connectivity index (χ2n) is 5.42. The molecule has 0 aliphatic carbocycles. The molecule has 2 aromatic rings. The number of aromatic nitrogens is 2. The van der Waals surface area contributed by atoms with E-state index in [0.29, 0.717) is 18.2 Å². The average molecular weight is 330 g/mol. The lowest BCUT2D eigenvalue weighted by Gasteiger charge is -2.28. The maximum atomic E-state index is 8.87. The zero-order valence-electron chi connectivity index (χ0n) is 13.4. The Bertz CT molecular complexity index is 658. The summed E-state index contributed by atoms with van der Waals surface area (Å²) in [5.41, 5.74) is 7.82. The first kappa shape index (κ1) is 16.3. The van der Waals surface area contributed by atoms with Gasteiger partial charge in [-0.1, -0.05) is 0 Å². The Kier molecular flexibility index (Phi) is 5.29. The van der Waals surface area contributed by atoms with Gasteiger partial charge in [0.15, 0.2) is 0 Å². The Morgan fingerprint density at radius 3 is 2.54 bits per heavy atom. The van der Waals surface area contributed by atoms with E-state index in [0.717, 1.165) is 32.0 Å². The SMILES string of the molecule is Nc1nc(NCCO)cc(Nc2ccc(N3CCOCC3)cc2)n1. The Labute approximate surface area is 140 Å². The summed E-state index contributed by atoms with van der Waals surface area (Å²) in [6.45, 7) is 3.79. The zero-order valence-corrected chi connectivity index (χ0v) is 13.4. The smallest absolute Gasteiger partial charge is 0.223 e. The summed E-state index contributed by atoms with van der Waals surface area (Å²) in [6.07, 6.45) is 0. The number of nitrogens with zero attached hydrogens (tertiary/aromatic N) is 3.